The van der Waals surface area contributed by atoms with E-state index in [4.69, 9.17) is 18.2 Å². The maximum atomic E-state index is 11.0. The van der Waals surface area contributed by atoms with Gasteiger partial charge in [0, 0.05) is 72.0 Å². The molecule has 0 fully saturated rings. The van der Waals surface area contributed by atoms with Crippen molar-refractivity contribution in [3.8, 4) is 0 Å². The molecule has 0 spiro atoms. The largest absolute Gasteiger partial charge is 0.291 e. The molecular weight excluding hydrogens is 534 g/mol. The van der Waals surface area contributed by atoms with Crippen LogP contribution in [0.15, 0.2) is 47.6 Å². The van der Waals surface area contributed by atoms with Gasteiger partial charge in [-0.05, 0) is 26.0 Å². The van der Waals surface area contributed by atoms with Crippen LogP contribution in [0.1, 0.15) is 26.7 Å². The van der Waals surface area contributed by atoms with Gasteiger partial charge in [0.15, 0.2) is 0 Å². The van der Waals surface area contributed by atoms with E-state index >= 15 is 0 Å². The van der Waals surface area contributed by atoms with Crippen LogP contribution in [0, 0.1) is 0 Å². The van der Waals surface area contributed by atoms with E-state index in [2.05, 4.69) is 0 Å². The van der Waals surface area contributed by atoms with E-state index in [1.165, 1.54) is 24.3 Å². The molecule has 18 heteroatoms. The second-order valence-corrected chi connectivity index (χ2v) is 13.7. The van der Waals surface area contributed by atoms with Crippen molar-refractivity contribution < 1.29 is 51.9 Å². The molecule has 0 aliphatic heterocycles. The minimum Gasteiger partial charge on any atom is -0.284 e. The van der Waals surface area contributed by atoms with Gasteiger partial charge in [0.2, 0.25) is 8.16 Å². The summed E-state index contributed by atoms with van der Waals surface area (Å²) in [5, 5.41) is 0. The smallest absolute Gasteiger partial charge is 0.284 e. The summed E-state index contributed by atoms with van der Waals surface area (Å²) in [7, 11) is -19.8. The van der Waals surface area contributed by atoms with E-state index in [0.717, 1.165) is 12.2 Å². The summed E-state index contributed by atoms with van der Waals surface area (Å²) in [6.45, 7) is 3.27. The van der Waals surface area contributed by atoms with Crippen LogP contribution in [0.3, 0.4) is 0 Å². The second-order valence-electron chi connectivity index (χ2n) is 6.50. The molecule has 32 heavy (non-hydrogen) atoms. The second kappa shape index (κ2) is 11.6. The van der Waals surface area contributed by atoms with Crippen molar-refractivity contribution in [2.75, 3.05) is 0 Å². The molecule has 0 bridgehead atoms. The Morgan fingerprint density at radius 3 is 0.938 bits per heavy atom. The van der Waals surface area contributed by atoms with Crippen LogP contribution in [0.5, 0.6) is 0 Å². The van der Waals surface area contributed by atoms with Crippen LogP contribution in [-0.2, 0) is 40.5 Å². The zero-order valence-corrected chi connectivity index (χ0v) is 24.8. The third-order valence-corrected chi connectivity index (χ3v) is 11.6. The molecule has 174 valence electrons. The number of rotatable bonds is 4. The van der Waals surface area contributed by atoms with E-state index in [1.54, 1.807) is 13.8 Å². The van der Waals surface area contributed by atoms with Gasteiger partial charge in [-0.25, -0.2) is 0 Å². The molecule has 2 radical (unpaired) electrons. The molecule has 0 saturated heterocycles. The van der Waals surface area contributed by atoms with E-state index in [0.29, 0.717) is 11.1 Å². The molecule has 0 atom stereocenters. The molecular formula is C14H20Na2O12S4. The molecule has 2 aliphatic carbocycles. The number of hydrogen-bond donors (Lipinski definition) is 4. The third kappa shape index (κ3) is 7.30. The topological polar surface area (TPSA) is 217 Å². The summed E-state index contributed by atoms with van der Waals surface area (Å²) >= 11 is 0. The van der Waals surface area contributed by atoms with Crippen LogP contribution in [0.4, 0.5) is 0 Å². The molecule has 4 N–H and O–H groups in total. The maximum absolute atomic E-state index is 11.0. The molecule has 0 aromatic heterocycles. The quantitative estimate of drug-likeness (QED) is 0.266. The van der Waals surface area contributed by atoms with Crippen molar-refractivity contribution in [3.05, 3.63) is 47.6 Å². The molecule has 2 aliphatic rings. The van der Waals surface area contributed by atoms with Crippen molar-refractivity contribution in [1.82, 2.24) is 0 Å². The SMILES string of the molecule is CC1=CCC(S(=O)(=O)O)(S(=O)(=O)O)C=C1.CC1=CCC(S(=O)(=O)O)(S(=O)(=O)O)C=C1.[Na].[Na]. The standard InChI is InChI=1S/2C7H10O6S2.2Na/c2*1-6-2-4-7(5-3-6,14(8,9)10)15(11,12)13;;/h2*2-4H,5H2,1H3,(H,8,9,10)(H,11,12,13);;. The van der Waals surface area contributed by atoms with Crippen molar-refractivity contribution in [1.29, 1.82) is 0 Å². The van der Waals surface area contributed by atoms with Gasteiger partial charge >= 0.3 is 0 Å². The zero-order chi connectivity index (χ0) is 23.8. The average molecular weight is 555 g/mol. The van der Waals surface area contributed by atoms with Crippen LogP contribution < -0.4 is 0 Å². The van der Waals surface area contributed by atoms with Crippen molar-refractivity contribution in [3.63, 3.8) is 0 Å². The molecule has 0 saturated carbocycles. The molecule has 0 heterocycles. The summed E-state index contributed by atoms with van der Waals surface area (Å²) < 4.78 is 118. The number of hydrogen-bond acceptors (Lipinski definition) is 8. The fourth-order valence-corrected chi connectivity index (χ4v) is 6.69. The van der Waals surface area contributed by atoms with Crippen LogP contribution in [0.25, 0.3) is 0 Å². The summed E-state index contributed by atoms with van der Waals surface area (Å²) in [6, 6.07) is 0. The molecule has 12 nitrogen and oxygen atoms in total. The summed E-state index contributed by atoms with van der Waals surface area (Å²) in [6.07, 6.45) is 5.57. The van der Waals surface area contributed by atoms with Gasteiger partial charge in [-0.2, -0.15) is 33.7 Å². The fourth-order valence-electron chi connectivity index (χ4n) is 2.43. The first kappa shape index (κ1) is 34.8. The summed E-state index contributed by atoms with van der Waals surface area (Å²) in [5.41, 5.74) is 1.30. The van der Waals surface area contributed by atoms with Gasteiger partial charge in [0.25, 0.3) is 40.5 Å². The zero-order valence-electron chi connectivity index (χ0n) is 17.6. The number of allylic oxidation sites excluding steroid dienone is 6. The van der Waals surface area contributed by atoms with Crippen molar-refractivity contribution in [2.24, 2.45) is 0 Å². The normalized spacial score (nSPS) is 19.8. The van der Waals surface area contributed by atoms with Crippen LogP contribution in [-0.4, -0.2) is 119 Å². The van der Waals surface area contributed by atoms with Crippen molar-refractivity contribution >= 4 is 99.6 Å². The Morgan fingerprint density at radius 2 is 0.812 bits per heavy atom. The van der Waals surface area contributed by atoms with E-state index < -0.39 is 61.5 Å². The van der Waals surface area contributed by atoms with E-state index in [9.17, 15) is 33.7 Å². The molecule has 0 aromatic carbocycles. The van der Waals surface area contributed by atoms with Gasteiger partial charge in [0.05, 0.1) is 0 Å². The van der Waals surface area contributed by atoms with Gasteiger partial charge in [0.1, 0.15) is 0 Å². The predicted molar refractivity (Wildman–Crippen MR) is 118 cm³/mol. The van der Waals surface area contributed by atoms with Gasteiger partial charge in [-0.1, -0.05) is 35.5 Å². The Bertz CT molecular complexity index is 1090. The maximum Gasteiger partial charge on any atom is 0.291 e. The van der Waals surface area contributed by atoms with E-state index in [-0.39, 0.29) is 59.1 Å². The van der Waals surface area contributed by atoms with E-state index in [1.807, 2.05) is 0 Å². The third-order valence-electron chi connectivity index (χ3n) is 4.36. The summed E-state index contributed by atoms with van der Waals surface area (Å²) in [4.78, 5) is 0. The Morgan fingerprint density at radius 1 is 0.594 bits per heavy atom. The Balaban J connectivity index is 0. The van der Waals surface area contributed by atoms with Gasteiger partial charge in [-0.15, -0.1) is 0 Å². The fraction of sp³-hybridized carbons (Fsp3) is 0.429. The van der Waals surface area contributed by atoms with Crippen molar-refractivity contribution in [2.45, 2.75) is 34.8 Å². The molecule has 0 unspecified atom stereocenters. The van der Waals surface area contributed by atoms with Crippen LogP contribution in [0.2, 0.25) is 0 Å². The van der Waals surface area contributed by atoms with Crippen LogP contribution >= 0.6 is 0 Å². The van der Waals surface area contributed by atoms with Gasteiger partial charge in [-0.3, -0.25) is 18.2 Å². The minimum absolute atomic E-state index is 0. The van der Waals surface area contributed by atoms with Gasteiger partial charge < -0.3 is 0 Å². The Kier molecular flexibility index (Phi) is 12.6. The predicted octanol–water partition coefficient (Wildman–Crippen LogP) is -0.0326. The minimum atomic E-state index is -4.94. The first-order valence-corrected chi connectivity index (χ1v) is 13.6. The Labute approximate surface area is 231 Å². The first-order chi connectivity index (χ1) is 13.2. The monoisotopic (exact) mass is 554 g/mol. The molecule has 0 aromatic rings. The average Bonchev–Trinajstić information content (AvgIpc) is 2.52. The molecule has 0 amide bonds. The summed E-state index contributed by atoms with van der Waals surface area (Å²) in [5.74, 6) is 0. The first-order valence-electron chi connectivity index (χ1n) is 7.80. The molecule has 2 rings (SSSR count). The Hall–Kier alpha value is 0.600.